The van der Waals surface area contributed by atoms with Crippen molar-refractivity contribution in [3.63, 3.8) is 0 Å². The quantitative estimate of drug-likeness (QED) is 0.825. The molecule has 1 aliphatic heterocycles. The number of amides is 3. The minimum Gasteiger partial charge on any atom is -0.358 e. The second-order valence-corrected chi connectivity index (χ2v) is 5.44. The van der Waals surface area contributed by atoms with Crippen molar-refractivity contribution in [2.24, 2.45) is 0 Å². The summed E-state index contributed by atoms with van der Waals surface area (Å²) >= 11 is 0. The van der Waals surface area contributed by atoms with Crippen molar-refractivity contribution in [2.75, 3.05) is 32.1 Å². The van der Waals surface area contributed by atoms with Crippen molar-refractivity contribution in [1.82, 2.24) is 10.2 Å². The summed E-state index contributed by atoms with van der Waals surface area (Å²) in [6.45, 7) is 0.784. The van der Waals surface area contributed by atoms with E-state index in [-0.39, 0.29) is 24.3 Å². The van der Waals surface area contributed by atoms with Crippen molar-refractivity contribution in [1.29, 1.82) is 0 Å². The number of carbonyl (C=O) groups is 3. The fourth-order valence-corrected chi connectivity index (χ4v) is 2.35. The van der Waals surface area contributed by atoms with E-state index in [9.17, 15) is 14.4 Å². The van der Waals surface area contributed by atoms with Crippen molar-refractivity contribution in [2.45, 2.75) is 12.8 Å². The van der Waals surface area contributed by atoms with E-state index in [1.54, 1.807) is 18.0 Å². The first-order chi connectivity index (χ1) is 11.0. The number of nitrogens with one attached hydrogen (secondary N) is 1. The van der Waals surface area contributed by atoms with Crippen LogP contribution in [-0.4, -0.2) is 49.8 Å². The van der Waals surface area contributed by atoms with Crippen molar-refractivity contribution in [3.8, 4) is 0 Å². The second-order valence-electron chi connectivity index (χ2n) is 5.44. The van der Waals surface area contributed by atoms with Gasteiger partial charge in [-0.3, -0.25) is 14.4 Å². The summed E-state index contributed by atoms with van der Waals surface area (Å²) < 4.78 is 0. The molecule has 0 bridgehead atoms. The van der Waals surface area contributed by atoms with E-state index in [0.717, 1.165) is 24.2 Å². The van der Waals surface area contributed by atoms with Crippen LogP contribution in [0.3, 0.4) is 0 Å². The average molecular weight is 315 g/mol. The van der Waals surface area contributed by atoms with Crippen LogP contribution in [0.1, 0.15) is 18.4 Å². The maximum atomic E-state index is 11.9. The Morgan fingerprint density at radius 1 is 1.30 bits per heavy atom. The van der Waals surface area contributed by atoms with Gasteiger partial charge < -0.3 is 15.1 Å². The Balaban J connectivity index is 1.96. The van der Waals surface area contributed by atoms with Crippen molar-refractivity contribution >= 4 is 29.5 Å². The molecular formula is C17H21N3O3. The molecular weight excluding hydrogens is 294 g/mol. The Labute approximate surface area is 135 Å². The summed E-state index contributed by atoms with van der Waals surface area (Å²) in [4.78, 5) is 37.9. The molecule has 1 saturated heterocycles. The zero-order chi connectivity index (χ0) is 16.8. The van der Waals surface area contributed by atoms with Gasteiger partial charge in [-0.05, 0) is 30.2 Å². The molecule has 1 N–H and O–H groups in total. The smallest absolute Gasteiger partial charge is 0.246 e. The topological polar surface area (TPSA) is 69.7 Å². The van der Waals surface area contributed by atoms with Crippen LogP contribution >= 0.6 is 0 Å². The summed E-state index contributed by atoms with van der Waals surface area (Å²) in [6.07, 6.45) is 4.62. The highest BCUT2D eigenvalue weighted by atomic mass is 16.2. The molecule has 1 heterocycles. The molecule has 6 nitrogen and oxygen atoms in total. The number of rotatable bonds is 5. The monoisotopic (exact) mass is 315 g/mol. The number of benzene rings is 1. The summed E-state index contributed by atoms with van der Waals surface area (Å²) in [7, 11) is 3.10. The van der Waals surface area contributed by atoms with Crippen LogP contribution in [0, 0.1) is 0 Å². The molecule has 1 fully saturated rings. The van der Waals surface area contributed by atoms with E-state index in [1.165, 1.54) is 18.0 Å². The highest BCUT2D eigenvalue weighted by molar-refractivity contribution is 5.96. The zero-order valence-electron chi connectivity index (χ0n) is 13.4. The molecule has 3 amide bonds. The molecule has 0 aliphatic carbocycles. The van der Waals surface area contributed by atoms with Gasteiger partial charge in [0.25, 0.3) is 0 Å². The van der Waals surface area contributed by atoms with Gasteiger partial charge in [-0.1, -0.05) is 12.1 Å². The molecule has 0 aromatic heterocycles. The van der Waals surface area contributed by atoms with Gasteiger partial charge in [-0.15, -0.1) is 0 Å². The number of hydrogen-bond acceptors (Lipinski definition) is 3. The fourth-order valence-electron chi connectivity index (χ4n) is 2.35. The van der Waals surface area contributed by atoms with Gasteiger partial charge in [0.15, 0.2) is 0 Å². The van der Waals surface area contributed by atoms with Crippen LogP contribution in [0.15, 0.2) is 30.3 Å². The molecule has 6 heteroatoms. The molecule has 0 atom stereocenters. The van der Waals surface area contributed by atoms with Gasteiger partial charge in [0.1, 0.15) is 0 Å². The van der Waals surface area contributed by atoms with E-state index < -0.39 is 0 Å². The van der Waals surface area contributed by atoms with Crippen LogP contribution in [0.4, 0.5) is 5.69 Å². The summed E-state index contributed by atoms with van der Waals surface area (Å²) in [5.74, 6) is -0.305. The van der Waals surface area contributed by atoms with Crippen LogP contribution in [-0.2, 0) is 14.4 Å². The Morgan fingerprint density at radius 2 is 2.00 bits per heavy atom. The van der Waals surface area contributed by atoms with E-state index in [2.05, 4.69) is 5.32 Å². The van der Waals surface area contributed by atoms with Gasteiger partial charge in [-0.25, -0.2) is 0 Å². The van der Waals surface area contributed by atoms with Crippen molar-refractivity contribution in [3.05, 3.63) is 35.9 Å². The zero-order valence-corrected chi connectivity index (χ0v) is 13.4. The highest BCUT2D eigenvalue weighted by Gasteiger charge is 2.21. The van der Waals surface area contributed by atoms with E-state index >= 15 is 0 Å². The summed E-state index contributed by atoms with van der Waals surface area (Å²) in [5, 5.41) is 2.47. The fraction of sp³-hybridized carbons (Fsp3) is 0.353. The minimum absolute atomic E-state index is 0.0235. The third kappa shape index (κ3) is 4.42. The second kappa shape index (κ2) is 7.58. The maximum absolute atomic E-state index is 11.9. The largest absolute Gasteiger partial charge is 0.358 e. The Kier molecular flexibility index (Phi) is 5.51. The van der Waals surface area contributed by atoms with Crippen LogP contribution in [0.2, 0.25) is 0 Å². The van der Waals surface area contributed by atoms with E-state index in [1.807, 2.05) is 24.3 Å². The summed E-state index contributed by atoms with van der Waals surface area (Å²) in [6, 6.07) is 7.48. The molecule has 122 valence electrons. The first kappa shape index (κ1) is 16.7. The number of hydrogen-bond donors (Lipinski definition) is 1. The first-order valence-electron chi connectivity index (χ1n) is 7.55. The van der Waals surface area contributed by atoms with Gasteiger partial charge >= 0.3 is 0 Å². The lowest BCUT2D eigenvalue weighted by Crippen LogP contribution is -2.35. The average Bonchev–Trinajstić information content (AvgIpc) is 2.98. The molecule has 1 aliphatic rings. The lowest BCUT2D eigenvalue weighted by Gasteiger charge is -2.15. The van der Waals surface area contributed by atoms with Gasteiger partial charge in [0.05, 0.1) is 6.54 Å². The number of nitrogens with zero attached hydrogens (tertiary/aromatic N) is 2. The molecule has 0 saturated carbocycles. The predicted molar refractivity (Wildman–Crippen MR) is 88.8 cm³/mol. The lowest BCUT2D eigenvalue weighted by atomic mass is 10.2. The molecule has 0 radical (unpaired) electrons. The van der Waals surface area contributed by atoms with Gasteiger partial charge in [-0.2, -0.15) is 0 Å². The standard InChI is InChI=1S/C17H21N3O3/c1-18-15(21)12-19(2)16(22)10-7-13-5-8-14(9-6-13)20-11-3-4-17(20)23/h5-10H,3-4,11-12H2,1-2H3,(H,18,21). The maximum Gasteiger partial charge on any atom is 0.246 e. The third-order valence-corrected chi connectivity index (χ3v) is 3.73. The molecule has 23 heavy (non-hydrogen) atoms. The highest BCUT2D eigenvalue weighted by Crippen LogP contribution is 2.21. The molecule has 0 spiro atoms. The van der Waals surface area contributed by atoms with Crippen LogP contribution in [0.5, 0.6) is 0 Å². The molecule has 1 aromatic carbocycles. The predicted octanol–water partition coefficient (Wildman–Crippen LogP) is 1.03. The molecule has 1 aromatic rings. The number of carbonyl (C=O) groups excluding carboxylic acids is 3. The van der Waals surface area contributed by atoms with Crippen LogP contribution < -0.4 is 10.2 Å². The number of likely N-dealkylation sites (N-methyl/N-ethyl adjacent to an activating group) is 2. The number of anilines is 1. The normalized spacial score (nSPS) is 14.3. The molecule has 2 rings (SSSR count). The van der Waals surface area contributed by atoms with Gasteiger partial charge in [0, 0.05) is 38.8 Å². The van der Waals surface area contributed by atoms with Crippen LogP contribution in [0.25, 0.3) is 6.08 Å². The molecule has 0 unspecified atom stereocenters. The third-order valence-electron chi connectivity index (χ3n) is 3.73. The Morgan fingerprint density at radius 3 is 2.57 bits per heavy atom. The Hall–Kier alpha value is -2.63. The van der Waals surface area contributed by atoms with E-state index in [0.29, 0.717) is 6.42 Å². The minimum atomic E-state index is -0.243. The first-order valence-corrected chi connectivity index (χ1v) is 7.55. The van der Waals surface area contributed by atoms with Gasteiger partial charge in [0.2, 0.25) is 17.7 Å². The van der Waals surface area contributed by atoms with Crippen molar-refractivity contribution < 1.29 is 14.4 Å². The summed E-state index contributed by atoms with van der Waals surface area (Å²) in [5.41, 5.74) is 1.75. The SMILES string of the molecule is CNC(=O)CN(C)C(=O)C=Cc1ccc(N2CCCC2=O)cc1. The van der Waals surface area contributed by atoms with E-state index in [4.69, 9.17) is 0 Å². The Bertz CT molecular complexity index is 622. The lowest BCUT2D eigenvalue weighted by molar-refractivity contribution is -0.130.